The standard InChI is InChI=1S/C30H37ClN8O3S/c1-19(40)36-12-6-20(15-36)22-13-23(26-28(32)33-18-34-39(22)26)37-9-2-5-21(16-37)35-29(41)27-24(14-25(31)43-27)42-17-30-7-3-10-38(30)11-4-8-30/h6,13-14,18,21H,2-5,7-12,15-17H2,1H3,(H,35,41)(H2,32,33,34)/t21-/m1/s1. The minimum Gasteiger partial charge on any atom is -0.490 e. The Bertz CT molecular complexity index is 1590. The van der Waals surface area contributed by atoms with Crippen molar-refractivity contribution < 1.29 is 14.3 Å². The fourth-order valence-corrected chi connectivity index (χ4v) is 8.41. The third-order valence-corrected chi connectivity index (χ3v) is 10.8. The highest BCUT2D eigenvalue weighted by atomic mass is 35.5. The summed E-state index contributed by atoms with van der Waals surface area (Å²) in [5.74, 6) is 0.847. The van der Waals surface area contributed by atoms with Crippen LogP contribution in [0.1, 0.15) is 60.8 Å². The normalized spacial score (nSPS) is 21.8. The molecule has 3 saturated heterocycles. The molecule has 0 spiro atoms. The zero-order valence-electron chi connectivity index (χ0n) is 24.4. The third kappa shape index (κ3) is 5.23. The van der Waals surface area contributed by atoms with Crippen molar-refractivity contribution >= 4 is 57.3 Å². The molecule has 0 unspecified atom stereocenters. The molecular weight excluding hydrogens is 588 g/mol. The van der Waals surface area contributed by atoms with Crippen LogP contribution >= 0.6 is 22.9 Å². The Morgan fingerprint density at radius 2 is 2.02 bits per heavy atom. The summed E-state index contributed by atoms with van der Waals surface area (Å²) < 4.78 is 8.70. The summed E-state index contributed by atoms with van der Waals surface area (Å²) in [6.07, 6.45) is 9.96. The van der Waals surface area contributed by atoms with Crippen molar-refractivity contribution in [1.82, 2.24) is 29.7 Å². The number of halogens is 1. The van der Waals surface area contributed by atoms with Gasteiger partial charge in [-0.2, -0.15) is 5.10 Å². The topological polar surface area (TPSA) is 121 Å². The summed E-state index contributed by atoms with van der Waals surface area (Å²) in [4.78, 5) is 36.9. The lowest BCUT2D eigenvalue weighted by molar-refractivity contribution is -0.127. The molecule has 0 aromatic carbocycles. The van der Waals surface area contributed by atoms with E-state index in [0.717, 1.165) is 67.8 Å². The van der Waals surface area contributed by atoms with E-state index in [-0.39, 0.29) is 23.4 Å². The number of thiophene rings is 1. The Morgan fingerprint density at radius 3 is 2.79 bits per heavy atom. The number of nitrogens with one attached hydrogen (secondary N) is 1. The van der Waals surface area contributed by atoms with Gasteiger partial charge in [0, 0.05) is 45.2 Å². The van der Waals surface area contributed by atoms with Crippen molar-refractivity contribution in [3.63, 3.8) is 0 Å². The quantitative estimate of drug-likeness (QED) is 0.408. The molecule has 228 valence electrons. The average Bonchev–Trinajstić information content (AvgIpc) is 3.80. The molecule has 2 amide bonds. The van der Waals surface area contributed by atoms with Crippen LogP contribution in [0.2, 0.25) is 4.34 Å². The van der Waals surface area contributed by atoms with E-state index in [1.54, 1.807) is 17.9 Å². The number of nitrogen functional groups attached to an aromatic ring is 1. The number of anilines is 2. The number of aromatic nitrogens is 3. The van der Waals surface area contributed by atoms with Crippen LogP contribution in [0.4, 0.5) is 11.5 Å². The largest absolute Gasteiger partial charge is 0.490 e. The van der Waals surface area contributed by atoms with Gasteiger partial charge in [-0.3, -0.25) is 14.5 Å². The number of carbonyl (C=O) groups excluding carboxylic acids is 2. The van der Waals surface area contributed by atoms with E-state index in [2.05, 4.69) is 37.3 Å². The van der Waals surface area contributed by atoms with Gasteiger partial charge >= 0.3 is 0 Å². The van der Waals surface area contributed by atoms with Crippen LogP contribution in [0, 0.1) is 0 Å². The first-order valence-electron chi connectivity index (χ1n) is 15.1. The summed E-state index contributed by atoms with van der Waals surface area (Å²) in [5.41, 5.74) is 10.1. The van der Waals surface area contributed by atoms with Gasteiger partial charge in [-0.05, 0) is 63.3 Å². The van der Waals surface area contributed by atoms with Crippen LogP contribution < -0.4 is 20.7 Å². The molecular formula is C30H37ClN8O3S. The monoisotopic (exact) mass is 624 g/mol. The molecule has 0 radical (unpaired) electrons. The molecule has 7 heterocycles. The number of nitrogens with two attached hydrogens (primary N) is 1. The van der Waals surface area contributed by atoms with Gasteiger partial charge in [-0.15, -0.1) is 11.3 Å². The van der Waals surface area contributed by atoms with Gasteiger partial charge in [-0.25, -0.2) is 9.50 Å². The van der Waals surface area contributed by atoms with Crippen LogP contribution in [0.25, 0.3) is 11.1 Å². The van der Waals surface area contributed by atoms with E-state index >= 15 is 0 Å². The lowest BCUT2D eigenvalue weighted by Crippen LogP contribution is -2.47. The SMILES string of the molecule is CC(=O)N1CC=C(c2cc(N3CCC[C@@H](NC(=O)c4sc(Cl)cc4OCC45CCCN4CCC5)C3)c3c(N)ncnn23)C1. The molecule has 3 N–H and O–H groups in total. The van der Waals surface area contributed by atoms with E-state index in [4.69, 9.17) is 22.1 Å². The van der Waals surface area contributed by atoms with E-state index in [1.165, 1.54) is 30.5 Å². The zero-order chi connectivity index (χ0) is 29.7. The lowest BCUT2D eigenvalue weighted by atomic mass is 9.95. The summed E-state index contributed by atoms with van der Waals surface area (Å²) >= 11 is 7.67. The van der Waals surface area contributed by atoms with E-state index in [0.29, 0.717) is 47.0 Å². The number of nitrogens with zero attached hydrogens (tertiary/aromatic N) is 6. The molecule has 3 fully saturated rings. The molecule has 11 nitrogen and oxygen atoms in total. The van der Waals surface area contributed by atoms with Crippen molar-refractivity contribution in [1.29, 1.82) is 0 Å². The second-order valence-electron chi connectivity index (χ2n) is 12.2. The van der Waals surface area contributed by atoms with Crippen molar-refractivity contribution in [2.45, 2.75) is 57.0 Å². The second-order valence-corrected chi connectivity index (χ2v) is 13.8. The minimum atomic E-state index is -0.156. The molecule has 43 heavy (non-hydrogen) atoms. The second kappa shape index (κ2) is 11.3. The molecule has 4 aliphatic heterocycles. The van der Waals surface area contributed by atoms with Gasteiger partial charge in [0.05, 0.1) is 21.3 Å². The predicted molar refractivity (Wildman–Crippen MR) is 168 cm³/mol. The molecule has 3 aromatic rings. The molecule has 7 rings (SSSR count). The Balaban J connectivity index is 1.08. The molecule has 4 aliphatic rings. The van der Waals surface area contributed by atoms with Gasteiger partial charge in [0.15, 0.2) is 5.82 Å². The number of rotatable bonds is 7. The van der Waals surface area contributed by atoms with Gasteiger partial charge in [0.1, 0.15) is 29.1 Å². The van der Waals surface area contributed by atoms with E-state index in [1.807, 2.05) is 4.52 Å². The Kier molecular flexibility index (Phi) is 7.46. The van der Waals surface area contributed by atoms with Crippen LogP contribution in [-0.4, -0.2) is 93.7 Å². The number of hydrogen-bond donors (Lipinski definition) is 2. The summed E-state index contributed by atoms with van der Waals surface area (Å²) in [6, 6.07) is 3.79. The van der Waals surface area contributed by atoms with E-state index < -0.39 is 0 Å². The Hall–Kier alpha value is -3.35. The summed E-state index contributed by atoms with van der Waals surface area (Å²) in [7, 11) is 0. The highest BCUT2D eigenvalue weighted by molar-refractivity contribution is 7.18. The highest BCUT2D eigenvalue weighted by Crippen LogP contribution is 2.41. The first kappa shape index (κ1) is 28.4. The van der Waals surface area contributed by atoms with Crippen molar-refractivity contribution in [2.75, 3.05) is 56.5 Å². The fourth-order valence-electron chi connectivity index (χ4n) is 7.35. The van der Waals surface area contributed by atoms with Gasteiger partial charge in [0.25, 0.3) is 5.91 Å². The first-order valence-corrected chi connectivity index (χ1v) is 16.3. The van der Waals surface area contributed by atoms with Crippen molar-refractivity contribution in [3.05, 3.63) is 39.4 Å². The number of carbonyl (C=O) groups is 2. The molecule has 3 aromatic heterocycles. The number of hydrogen-bond acceptors (Lipinski definition) is 9. The summed E-state index contributed by atoms with van der Waals surface area (Å²) in [6.45, 7) is 6.96. The van der Waals surface area contributed by atoms with Crippen LogP contribution in [0.3, 0.4) is 0 Å². The van der Waals surface area contributed by atoms with Crippen molar-refractivity contribution in [3.8, 4) is 5.75 Å². The molecule has 0 aliphatic carbocycles. The Morgan fingerprint density at radius 1 is 1.21 bits per heavy atom. The fraction of sp³-hybridized carbons (Fsp3) is 0.533. The summed E-state index contributed by atoms with van der Waals surface area (Å²) in [5, 5.41) is 7.77. The van der Waals surface area contributed by atoms with Crippen molar-refractivity contribution in [2.24, 2.45) is 0 Å². The molecule has 13 heteroatoms. The van der Waals surface area contributed by atoms with Gasteiger partial charge < -0.3 is 25.6 Å². The third-order valence-electron chi connectivity index (χ3n) is 9.54. The molecule has 1 atom stereocenters. The maximum atomic E-state index is 13.6. The molecule has 0 bridgehead atoms. The van der Waals surface area contributed by atoms with E-state index in [9.17, 15) is 9.59 Å². The predicted octanol–water partition coefficient (Wildman–Crippen LogP) is 3.68. The number of fused-ring (bicyclic) bond motifs is 2. The smallest absolute Gasteiger partial charge is 0.265 e. The zero-order valence-corrected chi connectivity index (χ0v) is 25.9. The van der Waals surface area contributed by atoms with Crippen LogP contribution in [0.15, 0.2) is 24.5 Å². The first-order chi connectivity index (χ1) is 20.8. The Labute approximate surface area is 259 Å². The maximum Gasteiger partial charge on any atom is 0.265 e. The van der Waals surface area contributed by atoms with Crippen LogP contribution in [-0.2, 0) is 4.79 Å². The maximum absolute atomic E-state index is 13.6. The average molecular weight is 625 g/mol. The minimum absolute atomic E-state index is 0.0374. The van der Waals surface area contributed by atoms with Gasteiger partial charge in [0.2, 0.25) is 5.91 Å². The lowest BCUT2D eigenvalue weighted by Gasteiger charge is -2.34. The number of piperidine rings is 1. The highest BCUT2D eigenvalue weighted by Gasteiger charge is 2.45. The number of ether oxygens (including phenoxy) is 1. The van der Waals surface area contributed by atoms with Gasteiger partial charge in [-0.1, -0.05) is 17.7 Å². The van der Waals surface area contributed by atoms with Crippen LogP contribution in [0.5, 0.6) is 5.75 Å². The molecule has 0 saturated carbocycles. The number of amides is 2.